The van der Waals surface area contributed by atoms with Gasteiger partial charge in [0.2, 0.25) is 0 Å². The second kappa shape index (κ2) is 3.32. The summed E-state index contributed by atoms with van der Waals surface area (Å²) in [4.78, 5) is 0. The van der Waals surface area contributed by atoms with Crippen molar-refractivity contribution in [1.29, 1.82) is 0 Å². The van der Waals surface area contributed by atoms with Crippen molar-refractivity contribution in [2.45, 2.75) is 19.6 Å². The van der Waals surface area contributed by atoms with Gasteiger partial charge in [-0.25, -0.2) is 0 Å². The summed E-state index contributed by atoms with van der Waals surface area (Å²) in [6.45, 7) is 5.93. The van der Waals surface area contributed by atoms with Gasteiger partial charge >= 0.3 is 18.9 Å². The van der Waals surface area contributed by atoms with Crippen LogP contribution in [-0.2, 0) is 0 Å². The van der Waals surface area contributed by atoms with Crippen LogP contribution in [0.2, 0.25) is 19.6 Å². The Labute approximate surface area is 60.5 Å². The summed E-state index contributed by atoms with van der Waals surface area (Å²) in [6, 6.07) is 0. The SMILES string of the molecule is C[Si](C)(C)Br.[Li+]. The molecule has 6 heavy (non-hydrogen) atoms. The van der Waals surface area contributed by atoms with Crippen molar-refractivity contribution in [1.82, 2.24) is 0 Å². The average Bonchev–Trinajstić information content (AvgIpc) is 0.722. The molecular formula is C3H9BrLiSi+. The number of hydrogen-bond donors (Lipinski definition) is 0. The van der Waals surface area contributed by atoms with Crippen molar-refractivity contribution in [3.05, 3.63) is 0 Å². The molecule has 0 heterocycles. The van der Waals surface area contributed by atoms with Crippen LogP contribution in [0.3, 0.4) is 0 Å². The largest absolute Gasteiger partial charge is 1.00 e. The van der Waals surface area contributed by atoms with Gasteiger partial charge in [-0.2, -0.15) is 0 Å². The maximum Gasteiger partial charge on any atom is 1.00 e. The molecule has 0 saturated carbocycles. The van der Waals surface area contributed by atoms with E-state index in [-0.39, 0.29) is 18.9 Å². The summed E-state index contributed by atoms with van der Waals surface area (Å²) < 4.78 is 0. The smallest absolute Gasteiger partial charge is 0.127 e. The fraction of sp³-hybridized carbons (Fsp3) is 1.00. The normalized spacial score (nSPS) is 10.0. The molecule has 0 aromatic carbocycles. The van der Waals surface area contributed by atoms with Crippen LogP contribution in [0.1, 0.15) is 0 Å². The third-order valence-corrected chi connectivity index (χ3v) is 0. The minimum Gasteiger partial charge on any atom is -0.127 e. The van der Waals surface area contributed by atoms with E-state index in [9.17, 15) is 0 Å². The van der Waals surface area contributed by atoms with Crippen LogP contribution in [0.5, 0.6) is 0 Å². The monoisotopic (exact) mass is 159 g/mol. The first-order valence-electron chi connectivity index (χ1n) is 1.69. The maximum absolute atomic E-state index is 3.51. The Morgan fingerprint density at radius 1 is 1.17 bits per heavy atom. The molecule has 0 amide bonds. The molecule has 0 N–H and O–H groups in total. The van der Waals surface area contributed by atoms with Gasteiger partial charge < -0.3 is 0 Å². The maximum atomic E-state index is 3.51. The van der Waals surface area contributed by atoms with Gasteiger partial charge in [0.05, 0.1) is 0 Å². The van der Waals surface area contributed by atoms with Crippen LogP contribution >= 0.6 is 15.3 Å². The molecule has 0 aliphatic heterocycles. The molecule has 0 atom stereocenters. The Morgan fingerprint density at radius 2 is 1.17 bits per heavy atom. The number of halogens is 1. The van der Waals surface area contributed by atoms with Crippen LogP contribution in [0.25, 0.3) is 0 Å². The van der Waals surface area contributed by atoms with Crippen molar-refractivity contribution in [2.75, 3.05) is 0 Å². The zero-order chi connectivity index (χ0) is 4.50. The molecule has 0 rings (SSSR count). The van der Waals surface area contributed by atoms with Crippen LogP contribution in [0.4, 0.5) is 0 Å². The molecular weight excluding hydrogens is 151 g/mol. The first-order valence-corrected chi connectivity index (χ1v) is 7.45. The second-order valence-corrected chi connectivity index (χ2v) is 13.3. The van der Waals surface area contributed by atoms with Gasteiger partial charge in [-0.1, -0.05) is 19.6 Å². The fourth-order valence-corrected chi connectivity index (χ4v) is 0. The molecule has 0 bridgehead atoms. The predicted molar refractivity (Wildman–Crippen MR) is 32.3 cm³/mol. The van der Waals surface area contributed by atoms with Crippen molar-refractivity contribution >= 4 is 22.0 Å². The molecule has 0 radical (unpaired) electrons. The number of rotatable bonds is 0. The van der Waals surface area contributed by atoms with Gasteiger partial charge in [-0.3, -0.25) is 0 Å². The molecule has 0 unspecified atom stereocenters. The van der Waals surface area contributed by atoms with E-state index in [0.29, 0.717) is 0 Å². The van der Waals surface area contributed by atoms with Gasteiger partial charge in [0.15, 0.2) is 0 Å². The van der Waals surface area contributed by atoms with E-state index in [0.717, 1.165) is 0 Å². The van der Waals surface area contributed by atoms with E-state index in [2.05, 4.69) is 34.9 Å². The fourth-order valence-electron chi connectivity index (χ4n) is 0. The van der Waals surface area contributed by atoms with Gasteiger partial charge in [-0.05, 0) is 0 Å². The predicted octanol–water partition coefficient (Wildman–Crippen LogP) is -0.780. The third-order valence-electron chi connectivity index (χ3n) is 0. The summed E-state index contributed by atoms with van der Waals surface area (Å²) in [6.07, 6.45) is 0. The Balaban J connectivity index is 0. The van der Waals surface area contributed by atoms with Crippen molar-refractivity contribution in [3.63, 3.8) is 0 Å². The molecule has 0 saturated heterocycles. The Hall–Kier alpha value is 1.29. The summed E-state index contributed by atoms with van der Waals surface area (Å²) in [7, 11) is 0. The van der Waals surface area contributed by atoms with E-state index in [1.165, 1.54) is 0 Å². The van der Waals surface area contributed by atoms with Gasteiger partial charge in [0, 0.05) is 0 Å². The minimum absolute atomic E-state index is 0. The summed E-state index contributed by atoms with van der Waals surface area (Å²) in [5.41, 5.74) is 0. The molecule has 0 aliphatic rings. The Bertz CT molecular complexity index is 26.3. The zero-order valence-electron chi connectivity index (χ0n) is 4.88. The van der Waals surface area contributed by atoms with Crippen LogP contribution < -0.4 is 18.9 Å². The molecule has 32 valence electrons. The molecule has 0 nitrogen and oxygen atoms in total. The van der Waals surface area contributed by atoms with E-state index in [4.69, 9.17) is 0 Å². The van der Waals surface area contributed by atoms with Crippen LogP contribution in [0, 0.1) is 0 Å². The first-order chi connectivity index (χ1) is 2.00. The Kier molecular flexibility index (Phi) is 5.70. The Morgan fingerprint density at radius 3 is 1.17 bits per heavy atom. The molecule has 3 heteroatoms. The van der Waals surface area contributed by atoms with E-state index >= 15 is 0 Å². The van der Waals surface area contributed by atoms with Crippen molar-refractivity contribution in [3.8, 4) is 0 Å². The third kappa shape index (κ3) is 58.3. The standard InChI is InChI=1S/C3H9BrSi.Li/c1-5(2,3)4;/h1-3H3;/q;+1. The quantitative estimate of drug-likeness (QED) is 0.322. The van der Waals surface area contributed by atoms with E-state index in [1.54, 1.807) is 0 Å². The van der Waals surface area contributed by atoms with Gasteiger partial charge in [-0.15, -0.1) is 15.3 Å². The first kappa shape index (κ1) is 10.3. The zero-order valence-corrected chi connectivity index (χ0v) is 7.46. The molecule has 0 aromatic rings. The van der Waals surface area contributed by atoms with Crippen molar-refractivity contribution in [2.24, 2.45) is 0 Å². The molecule has 0 aliphatic carbocycles. The molecule has 0 aromatic heterocycles. The molecule has 0 fully saturated rings. The van der Waals surface area contributed by atoms with Crippen LogP contribution in [0.15, 0.2) is 0 Å². The second-order valence-electron chi connectivity index (χ2n) is 2.07. The summed E-state index contributed by atoms with van der Waals surface area (Å²) >= 11 is 3.51. The number of hydrogen-bond acceptors (Lipinski definition) is 0. The van der Waals surface area contributed by atoms with Gasteiger partial charge in [0.1, 0.15) is 6.69 Å². The van der Waals surface area contributed by atoms with Gasteiger partial charge in [0.25, 0.3) is 0 Å². The summed E-state index contributed by atoms with van der Waals surface area (Å²) in [5.74, 6) is 0. The molecule has 0 spiro atoms. The van der Waals surface area contributed by atoms with E-state index in [1.807, 2.05) is 0 Å². The van der Waals surface area contributed by atoms with Crippen LogP contribution in [-0.4, -0.2) is 6.69 Å². The minimum atomic E-state index is -0.799. The average molecular weight is 160 g/mol. The van der Waals surface area contributed by atoms with E-state index < -0.39 is 6.69 Å². The summed E-state index contributed by atoms with van der Waals surface area (Å²) in [5, 5.41) is 0. The van der Waals surface area contributed by atoms with Crippen molar-refractivity contribution < 1.29 is 18.9 Å². The topological polar surface area (TPSA) is 0 Å².